The molecule has 1 aromatic carbocycles. The number of hydrogen-bond donors (Lipinski definition) is 0. The van der Waals surface area contributed by atoms with Gasteiger partial charge < -0.3 is 0 Å². The van der Waals surface area contributed by atoms with Crippen molar-refractivity contribution in [1.82, 2.24) is 4.31 Å². The highest BCUT2D eigenvalue weighted by atomic mass is 32.2. The van der Waals surface area contributed by atoms with Crippen LogP contribution in [0.3, 0.4) is 0 Å². The summed E-state index contributed by atoms with van der Waals surface area (Å²) >= 11 is 0. The zero-order valence-electron chi connectivity index (χ0n) is 11.4. The summed E-state index contributed by atoms with van der Waals surface area (Å²) in [6.45, 7) is 6.95. The molecule has 0 saturated carbocycles. The average molecular weight is 269 g/mol. The van der Waals surface area contributed by atoms with Gasteiger partial charge in [-0.1, -0.05) is 38.5 Å². The molecule has 1 rings (SSSR count). The third-order valence-corrected chi connectivity index (χ3v) is 4.36. The monoisotopic (exact) mass is 269 g/mol. The molecule has 1 amide bonds. The lowest BCUT2D eigenvalue weighted by Gasteiger charge is -2.25. The number of carbonyl (C=O) groups excluding carboxylic acids is 1. The summed E-state index contributed by atoms with van der Waals surface area (Å²) < 4.78 is 25.3. The minimum Gasteiger partial charge on any atom is -0.273 e. The average Bonchev–Trinajstić information content (AvgIpc) is 2.26. The molecule has 0 spiro atoms. The molecule has 0 aromatic heterocycles. The Balaban J connectivity index is 3.15. The number of aryl methyl sites for hydroxylation is 1. The molecule has 100 valence electrons. The first-order chi connectivity index (χ1) is 8.06. The number of hydrogen-bond acceptors (Lipinski definition) is 3. The molecule has 0 fully saturated rings. The first-order valence-corrected chi connectivity index (χ1v) is 7.11. The SMILES string of the molecule is Cc1ccc(S(=O)(=O)N(C)C(=O)C(C)(C)C)cc1. The third kappa shape index (κ3) is 2.90. The van der Waals surface area contributed by atoms with Crippen molar-refractivity contribution in [3.8, 4) is 0 Å². The molecule has 0 N–H and O–H groups in total. The van der Waals surface area contributed by atoms with E-state index in [2.05, 4.69) is 0 Å². The van der Waals surface area contributed by atoms with E-state index in [4.69, 9.17) is 0 Å². The Morgan fingerprint density at radius 3 is 1.94 bits per heavy atom. The Labute approximate surface area is 109 Å². The Morgan fingerprint density at radius 2 is 1.56 bits per heavy atom. The molecule has 0 aliphatic rings. The summed E-state index contributed by atoms with van der Waals surface area (Å²) in [7, 11) is -2.46. The molecule has 4 nitrogen and oxygen atoms in total. The quantitative estimate of drug-likeness (QED) is 0.827. The van der Waals surface area contributed by atoms with E-state index in [0.29, 0.717) is 0 Å². The summed E-state index contributed by atoms with van der Waals surface area (Å²) in [5.74, 6) is -0.428. The van der Waals surface area contributed by atoms with Crippen LogP contribution in [0.25, 0.3) is 0 Å². The van der Waals surface area contributed by atoms with Gasteiger partial charge in [0.15, 0.2) is 0 Å². The fourth-order valence-corrected chi connectivity index (χ4v) is 2.74. The molecule has 18 heavy (non-hydrogen) atoms. The molecule has 1 aromatic rings. The molecule has 0 aliphatic heterocycles. The lowest BCUT2D eigenvalue weighted by Crippen LogP contribution is -2.40. The Kier molecular flexibility index (Phi) is 3.86. The van der Waals surface area contributed by atoms with Gasteiger partial charge in [0.25, 0.3) is 10.0 Å². The van der Waals surface area contributed by atoms with E-state index >= 15 is 0 Å². The second-order valence-electron chi connectivity index (χ2n) is 5.34. The van der Waals surface area contributed by atoms with E-state index in [1.807, 2.05) is 6.92 Å². The van der Waals surface area contributed by atoms with Crippen LogP contribution in [-0.2, 0) is 14.8 Å². The summed E-state index contributed by atoms with van der Waals surface area (Å²) in [5.41, 5.74) is 0.241. The third-order valence-electron chi connectivity index (χ3n) is 2.61. The summed E-state index contributed by atoms with van der Waals surface area (Å²) in [4.78, 5) is 12.1. The van der Waals surface area contributed by atoms with Crippen LogP contribution >= 0.6 is 0 Å². The fourth-order valence-electron chi connectivity index (χ4n) is 1.45. The van der Waals surface area contributed by atoms with Crippen molar-refractivity contribution in [2.24, 2.45) is 5.41 Å². The first kappa shape index (κ1) is 14.7. The molecule has 0 bridgehead atoms. The molecule has 0 unspecified atom stereocenters. The number of sulfonamides is 1. The van der Waals surface area contributed by atoms with Crippen LogP contribution in [0.1, 0.15) is 26.3 Å². The number of carbonyl (C=O) groups is 1. The Morgan fingerprint density at radius 1 is 1.11 bits per heavy atom. The maximum Gasteiger partial charge on any atom is 0.266 e. The van der Waals surface area contributed by atoms with Crippen molar-refractivity contribution in [2.75, 3.05) is 7.05 Å². The minimum atomic E-state index is -3.75. The van der Waals surface area contributed by atoms with Crippen molar-refractivity contribution < 1.29 is 13.2 Å². The number of rotatable bonds is 2. The van der Waals surface area contributed by atoms with E-state index in [-0.39, 0.29) is 4.90 Å². The van der Waals surface area contributed by atoms with Gasteiger partial charge in [-0.3, -0.25) is 4.79 Å². The van der Waals surface area contributed by atoms with Crippen LogP contribution in [-0.4, -0.2) is 25.7 Å². The first-order valence-electron chi connectivity index (χ1n) is 5.67. The van der Waals surface area contributed by atoms with E-state index in [1.165, 1.54) is 19.2 Å². The van der Waals surface area contributed by atoms with Gasteiger partial charge in [-0.05, 0) is 19.1 Å². The molecular formula is C13H19NO3S. The predicted molar refractivity (Wildman–Crippen MR) is 70.6 cm³/mol. The number of amides is 1. The Bertz CT molecular complexity index is 539. The van der Waals surface area contributed by atoms with Crippen molar-refractivity contribution in [3.05, 3.63) is 29.8 Å². The summed E-state index contributed by atoms with van der Waals surface area (Å²) in [6, 6.07) is 6.44. The van der Waals surface area contributed by atoms with E-state index in [1.54, 1.807) is 32.9 Å². The highest BCUT2D eigenvalue weighted by Gasteiger charge is 2.32. The summed E-state index contributed by atoms with van der Waals surface area (Å²) in [6.07, 6.45) is 0. The second kappa shape index (κ2) is 4.72. The molecule has 0 radical (unpaired) electrons. The van der Waals surface area contributed by atoms with Gasteiger partial charge in [0.1, 0.15) is 0 Å². The van der Waals surface area contributed by atoms with Crippen LogP contribution in [0.4, 0.5) is 0 Å². The topological polar surface area (TPSA) is 54.5 Å². The lowest BCUT2D eigenvalue weighted by molar-refractivity contribution is -0.133. The normalized spacial score (nSPS) is 12.3. The van der Waals surface area contributed by atoms with Crippen molar-refractivity contribution in [1.29, 1.82) is 0 Å². The van der Waals surface area contributed by atoms with Crippen LogP contribution in [0, 0.1) is 12.3 Å². The predicted octanol–water partition coefficient (Wildman–Crippen LogP) is 2.19. The molecule has 5 heteroatoms. The number of benzene rings is 1. The fraction of sp³-hybridized carbons (Fsp3) is 0.462. The van der Waals surface area contributed by atoms with Gasteiger partial charge >= 0.3 is 0 Å². The Hall–Kier alpha value is -1.36. The van der Waals surface area contributed by atoms with Crippen molar-refractivity contribution in [3.63, 3.8) is 0 Å². The van der Waals surface area contributed by atoms with Gasteiger partial charge in [0, 0.05) is 12.5 Å². The zero-order chi connectivity index (χ0) is 14.1. The van der Waals surface area contributed by atoms with E-state index in [9.17, 15) is 13.2 Å². The second-order valence-corrected chi connectivity index (χ2v) is 7.31. The molecule has 0 heterocycles. The summed E-state index contributed by atoms with van der Waals surface area (Å²) in [5, 5.41) is 0. The minimum absolute atomic E-state index is 0.133. The standard InChI is InChI=1S/C13H19NO3S/c1-10-6-8-11(9-7-10)18(16,17)14(5)12(15)13(2,3)4/h6-9H,1-5H3. The van der Waals surface area contributed by atoms with Gasteiger partial charge in [0.2, 0.25) is 5.91 Å². The smallest absolute Gasteiger partial charge is 0.266 e. The van der Waals surface area contributed by atoms with Crippen molar-refractivity contribution >= 4 is 15.9 Å². The van der Waals surface area contributed by atoms with Crippen LogP contribution in [0.2, 0.25) is 0 Å². The van der Waals surface area contributed by atoms with Crippen LogP contribution in [0.5, 0.6) is 0 Å². The van der Waals surface area contributed by atoms with E-state index in [0.717, 1.165) is 9.87 Å². The van der Waals surface area contributed by atoms with Gasteiger partial charge in [0.05, 0.1) is 4.90 Å². The number of nitrogens with zero attached hydrogens (tertiary/aromatic N) is 1. The highest BCUT2D eigenvalue weighted by Crippen LogP contribution is 2.22. The largest absolute Gasteiger partial charge is 0.273 e. The van der Waals surface area contributed by atoms with Gasteiger partial charge in [-0.2, -0.15) is 0 Å². The maximum absolute atomic E-state index is 12.2. The lowest BCUT2D eigenvalue weighted by atomic mass is 9.96. The van der Waals surface area contributed by atoms with Gasteiger partial charge in [-0.25, -0.2) is 12.7 Å². The molecule has 0 atom stereocenters. The van der Waals surface area contributed by atoms with E-state index < -0.39 is 21.3 Å². The van der Waals surface area contributed by atoms with Crippen LogP contribution < -0.4 is 0 Å². The van der Waals surface area contributed by atoms with Crippen LogP contribution in [0.15, 0.2) is 29.2 Å². The highest BCUT2D eigenvalue weighted by molar-refractivity contribution is 7.89. The molecule has 0 saturated heterocycles. The maximum atomic E-state index is 12.2. The zero-order valence-corrected chi connectivity index (χ0v) is 12.2. The molecule has 0 aliphatic carbocycles. The molecular weight excluding hydrogens is 250 g/mol. The van der Waals surface area contributed by atoms with Crippen molar-refractivity contribution in [2.45, 2.75) is 32.6 Å². The van der Waals surface area contributed by atoms with Gasteiger partial charge in [-0.15, -0.1) is 0 Å².